The summed E-state index contributed by atoms with van der Waals surface area (Å²) in [5.74, 6) is -0.0499. The van der Waals surface area contributed by atoms with Crippen molar-refractivity contribution in [3.05, 3.63) is 52.0 Å². The van der Waals surface area contributed by atoms with Crippen molar-refractivity contribution in [2.24, 2.45) is 0 Å². The molecule has 0 spiro atoms. The molecule has 0 bridgehead atoms. The first-order valence-electron chi connectivity index (χ1n) is 10.3. The maximum atomic E-state index is 13.6. The third kappa shape index (κ3) is 5.32. The molecule has 1 aliphatic heterocycles. The van der Waals surface area contributed by atoms with Crippen LogP contribution < -0.4 is 9.80 Å². The van der Waals surface area contributed by atoms with Crippen LogP contribution in [0.3, 0.4) is 0 Å². The summed E-state index contributed by atoms with van der Waals surface area (Å²) in [4.78, 5) is 17.6. The van der Waals surface area contributed by atoms with Gasteiger partial charge in [-0.15, -0.1) is 0 Å². The highest BCUT2D eigenvalue weighted by atomic mass is 79.9. The molecule has 5 nitrogen and oxygen atoms in total. The van der Waals surface area contributed by atoms with Crippen molar-refractivity contribution in [2.75, 3.05) is 43.4 Å². The van der Waals surface area contributed by atoms with Crippen molar-refractivity contribution in [2.45, 2.75) is 32.6 Å². The second-order valence-corrected chi connectivity index (χ2v) is 15.4. The minimum Gasteiger partial charge on any atom is -0.383 e. The number of hydrogen-bond acceptors (Lipinski definition) is 4. The topological polar surface area (TPSA) is 42.0 Å². The van der Waals surface area contributed by atoms with Gasteiger partial charge in [0.25, 0.3) is 5.91 Å². The molecule has 3 rings (SSSR count). The molecule has 0 N–H and O–H groups in total. The van der Waals surface area contributed by atoms with Gasteiger partial charge < -0.3 is 14.4 Å². The van der Waals surface area contributed by atoms with Gasteiger partial charge in [0.2, 0.25) is 0 Å². The summed E-state index contributed by atoms with van der Waals surface area (Å²) in [5.41, 5.74) is 4.50. The molecule has 162 valence electrons. The van der Waals surface area contributed by atoms with E-state index in [1.165, 1.54) is 0 Å². The number of nitrogens with zero attached hydrogens (tertiary/aromatic N) is 2. The summed E-state index contributed by atoms with van der Waals surface area (Å²) in [5, 5.41) is 0. The van der Waals surface area contributed by atoms with E-state index in [9.17, 15) is 4.79 Å². The average molecular weight is 492 g/mol. The zero-order valence-corrected chi connectivity index (χ0v) is 21.1. The Morgan fingerprint density at radius 3 is 2.40 bits per heavy atom. The lowest BCUT2D eigenvalue weighted by molar-refractivity contribution is 0.0902. The first-order valence-corrected chi connectivity index (χ1v) is 14.8. The summed E-state index contributed by atoms with van der Waals surface area (Å²) in [7, 11) is 0.495. The van der Waals surface area contributed by atoms with Gasteiger partial charge in [-0.3, -0.25) is 9.69 Å². The Balaban J connectivity index is 2.03. The van der Waals surface area contributed by atoms with E-state index in [1.807, 2.05) is 25.1 Å². The van der Waals surface area contributed by atoms with E-state index in [4.69, 9.17) is 9.47 Å². The lowest BCUT2D eigenvalue weighted by Crippen LogP contribution is -2.33. The highest BCUT2D eigenvalue weighted by Crippen LogP contribution is 2.41. The lowest BCUT2D eigenvalue weighted by atomic mass is 10.1. The molecule has 0 radical (unpaired) electrons. The minimum absolute atomic E-state index is 0.0499. The zero-order valence-electron chi connectivity index (χ0n) is 18.5. The fourth-order valence-corrected chi connectivity index (χ4v) is 4.58. The SMILES string of the molecule is COCCN1c2ccc(Br)cc2C(=O)N(COCC[Si](C)(C)C)c2cc(C)ccc21. The number of carbonyl (C=O) groups is 1. The van der Waals surface area contributed by atoms with Crippen molar-refractivity contribution in [1.29, 1.82) is 0 Å². The van der Waals surface area contributed by atoms with E-state index in [1.54, 1.807) is 12.0 Å². The van der Waals surface area contributed by atoms with Crippen molar-refractivity contribution in [3.8, 4) is 0 Å². The highest BCUT2D eigenvalue weighted by Gasteiger charge is 2.31. The number of carbonyl (C=O) groups excluding carboxylic acids is 1. The number of benzene rings is 2. The Morgan fingerprint density at radius 1 is 0.967 bits per heavy atom. The molecule has 7 heteroatoms. The van der Waals surface area contributed by atoms with Crippen molar-refractivity contribution >= 4 is 47.0 Å². The molecule has 0 saturated heterocycles. The molecule has 0 unspecified atom stereocenters. The van der Waals surface area contributed by atoms with Crippen molar-refractivity contribution in [3.63, 3.8) is 0 Å². The van der Waals surface area contributed by atoms with E-state index in [0.29, 0.717) is 25.3 Å². The van der Waals surface area contributed by atoms with Crippen LogP contribution in [0.4, 0.5) is 17.1 Å². The van der Waals surface area contributed by atoms with Crippen LogP contribution in [0.25, 0.3) is 0 Å². The average Bonchev–Trinajstić information content (AvgIpc) is 2.76. The molecule has 2 aromatic rings. The maximum Gasteiger partial charge on any atom is 0.262 e. The summed E-state index contributed by atoms with van der Waals surface area (Å²) in [6.07, 6.45) is 0. The molecular formula is C23H31BrN2O3Si. The summed E-state index contributed by atoms with van der Waals surface area (Å²) >= 11 is 3.53. The normalized spacial score (nSPS) is 13.9. The number of halogens is 1. The second kappa shape index (κ2) is 9.64. The largest absolute Gasteiger partial charge is 0.383 e. The maximum absolute atomic E-state index is 13.6. The third-order valence-electron chi connectivity index (χ3n) is 5.17. The van der Waals surface area contributed by atoms with Crippen LogP contribution in [0.1, 0.15) is 15.9 Å². The Bertz CT molecular complexity index is 914. The number of aryl methyl sites for hydroxylation is 1. The highest BCUT2D eigenvalue weighted by molar-refractivity contribution is 9.10. The summed E-state index contributed by atoms with van der Waals surface area (Å²) < 4.78 is 12.3. The van der Waals surface area contributed by atoms with E-state index in [0.717, 1.165) is 33.1 Å². The standard InChI is InChI=1S/C23H31BrN2O3Si/c1-17-6-8-21-22(14-17)26(16-29-12-13-30(3,4)5)23(27)19-15-18(24)7-9-20(19)25(21)10-11-28-2/h6-9,14-15H,10-13,16H2,1-5H3. The van der Waals surface area contributed by atoms with Crippen LogP contribution in [0.15, 0.2) is 40.9 Å². The Kier molecular flexibility index (Phi) is 7.39. The second-order valence-electron chi connectivity index (χ2n) is 8.88. The van der Waals surface area contributed by atoms with Gasteiger partial charge in [0.15, 0.2) is 0 Å². The first kappa shape index (κ1) is 23.0. The molecule has 1 heterocycles. The Hall–Kier alpha value is -1.67. The number of rotatable bonds is 8. The van der Waals surface area contributed by atoms with E-state index >= 15 is 0 Å². The van der Waals surface area contributed by atoms with Crippen LogP contribution >= 0.6 is 15.9 Å². The predicted octanol–water partition coefficient (Wildman–Crippen LogP) is 5.81. The van der Waals surface area contributed by atoms with Gasteiger partial charge in [0, 0.05) is 32.8 Å². The molecule has 30 heavy (non-hydrogen) atoms. The number of amides is 1. The van der Waals surface area contributed by atoms with Crippen molar-refractivity contribution in [1.82, 2.24) is 0 Å². The minimum atomic E-state index is -1.20. The number of ether oxygens (including phenoxy) is 2. The number of fused-ring (bicyclic) bond motifs is 2. The zero-order chi connectivity index (χ0) is 21.9. The number of anilines is 3. The molecule has 2 aromatic carbocycles. The number of methoxy groups -OCH3 is 1. The van der Waals surface area contributed by atoms with E-state index in [-0.39, 0.29) is 12.6 Å². The molecule has 0 aliphatic carbocycles. The lowest BCUT2D eigenvalue weighted by Gasteiger charge is -2.28. The molecule has 1 aliphatic rings. The van der Waals surface area contributed by atoms with Crippen LogP contribution in [0.2, 0.25) is 25.7 Å². The predicted molar refractivity (Wildman–Crippen MR) is 130 cm³/mol. The fourth-order valence-electron chi connectivity index (χ4n) is 3.46. The summed E-state index contributed by atoms with van der Waals surface area (Å²) in [6, 6.07) is 13.2. The quantitative estimate of drug-likeness (QED) is 0.345. The molecule has 0 aromatic heterocycles. The van der Waals surface area contributed by atoms with Crippen LogP contribution in [-0.4, -0.2) is 47.6 Å². The fraction of sp³-hybridized carbons (Fsp3) is 0.435. The Morgan fingerprint density at radius 2 is 1.70 bits per heavy atom. The molecular weight excluding hydrogens is 460 g/mol. The third-order valence-corrected chi connectivity index (χ3v) is 7.37. The molecule has 0 saturated carbocycles. The van der Waals surface area contributed by atoms with Crippen molar-refractivity contribution < 1.29 is 14.3 Å². The molecule has 0 fully saturated rings. The van der Waals surface area contributed by atoms with Gasteiger partial charge in [-0.25, -0.2) is 0 Å². The van der Waals surface area contributed by atoms with Gasteiger partial charge >= 0.3 is 0 Å². The molecule has 1 amide bonds. The molecule has 0 atom stereocenters. The monoisotopic (exact) mass is 490 g/mol. The van der Waals surface area contributed by atoms with Gasteiger partial charge in [-0.05, 0) is 48.9 Å². The summed E-state index contributed by atoms with van der Waals surface area (Å²) in [6.45, 7) is 11.1. The van der Waals surface area contributed by atoms with Gasteiger partial charge in [-0.2, -0.15) is 0 Å². The number of hydrogen-bond donors (Lipinski definition) is 0. The van der Waals surface area contributed by atoms with Gasteiger partial charge in [-0.1, -0.05) is 41.6 Å². The van der Waals surface area contributed by atoms with Gasteiger partial charge in [0.05, 0.1) is 29.2 Å². The van der Waals surface area contributed by atoms with Crippen LogP contribution in [0, 0.1) is 6.92 Å². The smallest absolute Gasteiger partial charge is 0.262 e. The van der Waals surface area contributed by atoms with Gasteiger partial charge in [0.1, 0.15) is 6.73 Å². The van der Waals surface area contributed by atoms with E-state index in [2.05, 4.69) is 58.7 Å². The van der Waals surface area contributed by atoms with Crippen LogP contribution in [-0.2, 0) is 9.47 Å². The van der Waals surface area contributed by atoms with Crippen LogP contribution in [0.5, 0.6) is 0 Å². The van der Waals surface area contributed by atoms with E-state index < -0.39 is 8.07 Å². The Labute approximate surface area is 189 Å². The first-order chi connectivity index (χ1) is 14.2.